The average Bonchev–Trinajstić information content (AvgIpc) is 2.29. The number of halogens is 1. The molecule has 0 spiro atoms. The maximum absolute atomic E-state index is 13.6. The number of carboxylic acid groups (broad SMARTS) is 1. The SMILES string of the molecule is O=C(O)C1CCC(c2ccc(O)cc2F)CC1. The van der Waals surface area contributed by atoms with Gasteiger partial charge in [-0.15, -0.1) is 0 Å². The fraction of sp³-hybridized carbons (Fsp3) is 0.462. The molecule has 0 aliphatic heterocycles. The molecule has 0 radical (unpaired) electrons. The predicted molar refractivity (Wildman–Crippen MR) is 60.4 cm³/mol. The third kappa shape index (κ3) is 2.57. The Balaban J connectivity index is 2.08. The van der Waals surface area contributed by atoms with Crippen LogP contribution in [0.15, 0.2) is 18.2 Å². The fourth-order valence-corrected chi connectivity index (χ4v) is 2.50. The summed E-state index contributed by atoms with van der Waals surface area (Å²) in [5.74, 6) is -1.44. The van der Waals surface area contributed by atoms with E-state index in [4.69, 9.17) is 10.2 Å². The first-order chi connectivity index (χ1) is 8.08. The number of hydrogen-bond donors (Lipinski definition) is 2. The number of benzene rings is 1. The van der Waals surface area contributed by atoms with Crippen LogP contribution in [0.4, 0.5) is 4.39 Å². The normalized spacial score (nSPS) is 24.5. The van der Waals surface area contributed by atoms with Crippen LogP contribution in [0, 0.1) is 11.7 Å². The third-order valence-electron chi connectivity index (χ3n) is 3.50. The largest absolute Gasteiger partial charge is 0.508 e. The third-order valence-corrected chi connectivity index (χ3v) is 3.50. The van der Waals surface area contributed by atoms with Gasteiger partial charge in [-0.2, -0.15) is 0 Å². The molecule has 4 heteroatoms. The lowest BCUT2D eigenvalue weighted by Gasteiger charge is -2.26. The summed E-state index contributed by atoms with van der Waals surface area (Å²) in [5.41, 5.74) is 0.589. The first-order valence-electron chi connectivity index (χ1n) is 5.79. The Morgan fingerprint density at radius 3 is 2.41 bits per heavy atom. The van der Waals surface area contributed by atoms with Gasteiger partial charge in [0.1, 0.15) is 11.6 Å². The number of carboxylic acids is 1. The molecule has 0 heterocycles. The van der Waals surface area contributed by atoms with Crippen LogP contribution in [-0.4, -0.2) is 16.2 Å². The van der Waals surface area contributed by atoms with Crippen molar-refractivity contribution in [2.24, 2.45) is 5.92 Å². The van der Waals surface area contributed by atoms with E-state index in [2.05, 4.69) is 0 Å². The van der Waals surface area contributed by atoms with Crippen LogP contribution in [0.1, 0.15) is 37.2 Å². The topological polar surface area (TPSA) is 57.5 Å². The number of rotatable bonds is 2. The molecule has 1 aliphatic carbocycles. The van der Waals surface area contributed by atoms with E-state index in [0.29, 0.717) is 31.2 Å². The number of aliphatic carboxylic acids is 1. The molecule has 2 rings (SSSR count). The van der Waals surface area contributed by atoms with E-state index in [1.54, 1.807) is 6.07 Å². The van der Waals surface area contributed by atoms with E-state index in [1.807, 2.05) is 0 Å². The number of phenols is 1. The maximum Gasteiger partial charge on any atom is 0.306 e. The zero-order valence-corrected chi connectivity index (χ0v) is 9.40. The summed E-state index contributed by atoms with van der Waals surface area (Å²) in [5, 5.41) is 18.0. The van der Waals surface area contributed by atoms with Crippen LogP contribution < -0.4 is 0 Å². The van der Waals surface area contributed by atoms with Crippen molar-refractivity contribution in [2.45, 2.75) is 31.6 Å². The van der Waals surface area contributed by atoms with Gasteiger partial charge in [0.25, 0.3) is 0 Å². The summed E-state index contributed by atoms with van der Waals surface area (Å²) in [6.07, 6.45) is 2.58. The van der Waals surface area contributed by atoms with E-state index in [-0.39, 0.29) is 17.6 Å². The van der Waals surface area contributed by atoms with Crippen LogP contribution in [0.2, 0.25) is 0 Å². The van der Waals surface area contributed by atoms with Crippen molar-refractivity contribution in [3.05, 3.63) is 29.6 Å². The molecule has 1 aromatic carbocycles. The molecule has 1 fully saturated rings. The zero-order chi connectivity index (χ0) is 12.4. The van der Waals surface area contributed by atoms with E-state index < -0.39 is 11.8 Å². The van der Waals surface area contributed by atoms with E-state index in [0.717, 1.165) is 6.07 Å². The smallest absolute Gasteiger partial charge is 0.306 e. The van der Waals surface area contributed by atoms with Gasteiger partial charge in [-0.3, -0.25) is 4.79 Å². The minimum atomic E-state index is -0.755. The highest BCUT2D eigenvalue weighted by Crippen LogP contribution is 2.37. The standard InChI is InChI=1S/C13H15FO3/c14-12-7-10(15)5-6-11(12)8-1-3-9(4-2-8)13(16)17/h5-9,15H,1-4H2,(H,16,17). The van der Waals surface area contributed by atoms with E-state index >= 15 is 0 Å². The summed E-state index contributed by atoms with van der Waals surface area (Å²) in [4.78, 5) is 10.8. The van der Waals surface area contributed by atoms with Gasteiger partial charge in [-0.05, 0) is 43.2 Å². The van der Waals surface area contributed by atoms with Crippen LogP contribution in [0.5, 0.6) is 5.75 Å². The summed E-state index contributed by atoms with van der Waals surface area (Å²) in [6, 6.07) is 4.18. The molecule has 1 saturated carbocycles. The molecule has 0 bridgehead atoms. The van der Waals surface area contributed by atoms with Crippen molar-refractivity contribution in [1.29, 1.82) is 0 Å². The Bertz CT molecular complexity index is 423. The molecular weight excluding hydrogens is 223 g/mol. The van der Waals surface area contributed by atoms with Crippen molar-refractivity contribution in [2.75, 3.05) is 0 Å². The highest BCUT2D eigenvalue weighted by atomic mass is 19.1. The first-order valence-corrected chi connectivity index (χ1v) is 5.79. The number of aromatic hydroxyl groups is 1. The monoisotopic (exact) mass is 238 g/mol. The van der Waals surface area contributed by atoms with Gasteiger partial charge in [-0.1, -0.05) is 6.07 Å². The van der Waals surface area contributed by atoms with Crippen LogP contribution in [0.25, 0.3) is 0 Å². The van der Waals surface area contributed by atoms with Crippen molar-refractivity contribution >= 4 is 5.97 Å². The molecule has 92 valence electrons. The number of carbonyl (C=O) groups is 1. The van der Waals surface area contributed by atoms with Gasteiger partial charge in [-0.25, -0.2) is 4.39 Å². The molecular formula is C13H15FO3. The van der Waals surface area contributed by atoms with E-state index in [1.165, 1.54) is 6.07 Å². The van der Waals surface area contributed by atoms with Crippen molar-refractivity contribution in [1.82, 2.24) is 0 Å². The van der Waals surface area contributed by atoms with Crippen molar-refractivity contribution in [3.8, 4) is 5.75 Å². The second kappa shape index (κ2) is 4.73. The minimum absolute atomic E-state index is 0.0752. The average molecular weight is 238 g/mol. The van der Waals surface area contributed by atoms with E-state index in [9.17, 15) is 9.18 Å². The Hall–Kier alpha value is -1.58. The van der Waals surface area contributed by atoms with Gasteiger partial charge in [0, 0.05) is 6.07 Å². The van der Waals surface area contributed by atoms with Crippen molar-refractivity contribution < 1.29 is 19.4 Å². The molecule has 0 aromatic heterocycles. The molecule has 3 nitrogen and oxygen atoms in total. The molecule has 2 N–H and O–H groups in total. The Morgan fingerprint density at radius 1 is 1.24 bits per heavy atom. The fourth-order valence-electron chi connectivity index (χ4n) is 2.50. The summed E-state index contributed by atoms with van der Waals surface area (Å²) in [7, 11) is 0. The molecule has 1 aliphatic rings. The molecule has 1 aromatic rings. The van der Waals surface area contributed by atoms with Gasteiger partial charge >= 0.3 is 5.97 Å². The minimum Gasteiger partial charge on any atom is -0.508 e. The van der Waals surface area contributed by atoms with Gasteiger partial charge in [0.05, 0.1) is 5.92 Å². The van der Waals surface area contributed by atoms with Crippen molar-refractivity contribution in [3.63, 3.8) is 0 Å². The summed E-state index contributed by atoms with van der Waals surface area (Å²) < 4.78 is 13.6. The van der Waals surface area contributed by atoms with Crippen LogP contribution in [0.3, 0.4) is 0 Å². The van der Waals surface area contributed by atoms with Gasteiger partial charge in [0.15, 0.2) is 0 Å². The number of hydrogen-bond acceptors (Lipinski definition) is 2. The zero-order valence-electron chi connectivity index (χ0n) is 9.40. The Morgan fingerprint density at radius 2 is 1.88 bits per heavy atom. The number of phenolic OH excluding ortho intramolecular Hbond substituents is 1. The predicted octanol–water partition coefficient (Wildman–Crippen LogP) is 2.89. The van der Waals surface area contributed by atoms with Gasteiger partial charge < -0.3 is 10.2 Å². The quantitative estimate of drug-likeness (QED) is 0.832. The second-order valence-electron chi connectivity index (χ2n) is 4.59. The lowest BCUT2D eigenvalue weighted by atomic mass is 9.78. The summed E-state index contributed by atoms with van der Waals surface area (Å²) >= 11 is 0. The maximum atomic E-state index is 13.6. The highest BCUT2D eigenvalue weighted by molar-refractivity contribution is 5.70. The molecule has 0 saturated heterocycles. The Kier molecular flexibility index (Phi) is 3.31. The molecule has 17 heavy (non-hydrogen) atoms. The first kappa shape index (κ1) is 11.9. The lowest BCUT2D eigenvalue weighted by molar-refractivity contribution is -0.142. The lowest BCUT2D eigenvalue weighted by Crippen LogP contribution is -2.20. The van der Waals surface area contributed by atoms with Crippen LogP contribution >= 0.6 is 0 Å². The summed E-state index contributed by atoms with van der Waals surface area (Å²) in [6.45, 7) is 0. The van der Waals surface area contributed by atoms with Crippen LogP contribution in [-0.2, 0) is 4.79 Å². The molecule has 0 unspecified atom stereocenters. The second-order valence-corrected chi connectivity index (χ2v) is 4.59. The molecule has 0 atom stereocenters. The van der Waals surface area contributed by atoms with Gasteiger partial charge in [0.2, 0.25) is 0 Å². The molecule has 0 amide bonds. The highest BCUT2D eigenvalue weighted by Gasteiger charge is 2.27. The Labute approximate surface area is 98.9 Å².